The number of fused-ring (bicyclic) bond motifs is 1. The van der Waals surface area contributed by atoms with Crippen molar-refractivity contribution < 1.29 is 22.8 Å². The molecule has 0 spiro atoms. The highest BCUT2D eigenvalue weighted by Crippen LogP contribution is 2.31. The molecule has 0 unspecified atom stereocenters. The number of nitrogens with zero attached hydrogens (tertiary/aromatic N) is 2. The fraction of sp³-hybridized carbons (Fsp3) is 0.300. The molecule has 3 aromatic carbocycles. The maximum atomic E-state index is 13.9. The minimum absolute atomic E-state index is 0.0613. The molecule has 11 heteroatoms. The van der Waals surface area contributed by atoms with Crippen LogP contribution in [0.3, 0.4) is 0 Å². The number of halogens is 2. The highest BCUT2D eigenvalue weighted by Gasteiger charge is 2.41. The Bertz CT molecular complexity index is 1550. The first-order valence-corrected chi connectivity index (χ1v) is 15.2. The van der Waals surface area contributed by atoms with E-state index in [1.807, 2.05) is 51.1 Å². The number of amides is 3. The monoisotopic (exact) mass is 615 g/mol. The van der Waals surface area contributed by atoms with E-state index in [2.05, 4.69) is 5.32 Å². The van der Waals surface area contributed by atoms with Gasteiger partial charge in [0.1, 0.15) is 10.9 Å². The van der Waals surface area contributed by atoms with Crippen LogP contribution in [0.2, 0.25) is 10.0 Å². The second-order valence-electron chi connectivity index (χ2n) is 10.8. The number of carbonyl (C=O) groups excluding carboxylic acids is 3. The van der Waals surface area contributed by atoms with E-state index in [0.29, 0.717) is 19.9 Å². The minimum atomic E-state index is -4.11. The second kappa shape index (κ2) is 12.2. The maximum Gasteiger partial charge on any atom is 0.269 e. The highest BCUT2D eigenvalue weighted by molar-refractivity contribution is 7.90. The maximum absolute atomic E-state index is 13.9. The van der Waals surface area contributed by atoms with Crippen LogP contribution in [0.4, 0.5) is 0 Å². The SMILES string of the molecule is CC(C)(C)NC(=O)[C@H](Cc1ccccc1)N(Cc1c(Cl)cccc1Cl)C(=O)CCN1C(=O)c2ccccc2S1(=O)=O. The molecule has 4 rings (SSSR count). The van der Waals surface area contributed by atoms with Crippen molar-refractivity contribution in [1.82, 2.24) is 14.5 Å². The van der Waals surface area contributed by atoms with Crippen molar-refractivity contribution in [3.63, 3.8) is 0 Å². The van der Waals surface area contributed by atoms with Gasteiger partial charge in [-0.15, -0.1) is 0 Å². The van der Waals surface area contributed by atoms with Crippen LogP contribution in [0.25, 0.3) is 0 Å². The van der Waals surface area contributed by atoms with Crippen molar-refractivity contribution >= 4 is 50.9 Å². The molecule has 0 bridgehead atoms. The quantitative estimate of drug-likeness (QED) is 0.361. The Morgan fingerprint density at radius 2 is 1.54 bits per heavy atom. The zero-order chi connectivity index (χ0) is 29.9. The predicted molar refractivity (Wildman–Crippen MR) is 158 cm³/mol. The molecule has 1 aliphatic heterocycles. The van der Waals surface area contributed by atoms with Gasteiger partial charge in [-0.1, -0.05) is 71.7 Å². The average molecular weight is 617 g/mol. The van der Waals surface area contributed by atoms with Crippen molar-refractivity contribution in [2.75, 3.05) is 6.54 Å². The smallest absolute Gasteiger partial charge is 0.269 e. The molecule has 0 radical (unpaired) electrons. The summed E-state index contributed by atoms with van der Waals surface area (Å²) in [6.45, 7) is 5.02. The molecule has 41 heavy (non-hydrogen) atoms. The average Bonchev–Trinajstić information content (AvgIpc) is 3.10. The first kappa shape index (κ1) is 30.6. The molecule has 1 atom stereocenters. The first-order chi connectivity index (χ1) is 19.3. The van der Waals surface area contributed by atoms with Gasteiger partial charge in [0.25, 0.3) is 15.9 Å². The number of benzene rings is 3. The van der Waals surface area contributed by atoms with E-state index < -0.39 is 39.3 Å². The van der Waals surface area contributed by atoms with E-state index in [4.69, 9.17) is 23.2 Å². The van der Waals surface area contributed by atoms with Crippen LogP contribution in [0.5, 0.6) is 0 Å². The van der Waals surface area contributed by atoms with E-state index in [1.165, 1.54) is 23.1 Å². The molecule has 216 valence electrons. The molecule has 8 nitrogen and oxygen atoms in total. The van der Waals surface area contributed by atoms with E-state index >= 15 is 0 Å². The Balaban J connectivity index is 1.69. The van der Waals surface area contributed by atoms with Gasteiger partial charge < -0.3 is 10.2 Å². The van der Waals surface area contributed by atoms with Crippen LogP contribution >= 0.6 is 23.2 Å². The van der Waals surface area contributed by atoms with Crippen molar-refractivity contribution in [3.05, 3.63) is 99.5 Å². The normalized spacial score (nSPS) is 14.9. The fourth-order valence-electron chi connectivity index (χ4n) is 4.65. The molecular formula is C30H31Cl2N3O5S. The third-order valence-corrected chi connectivity index (χ3v) is 9.15. The van der Waals surface area contributed by atoms with Gasteiger partial charge in [-0.05, 0) is 50.6 Å². The standard InChI is InChI=1S/C30H31Cl2N3O5S/c1-30(2,3)33-28(37)25(18-20-10-5-4-6-11-20)34(19-22-23(31)13-9-14-24(22)32)27(36)16-17-35-29(38)21-12-7-8-15-26(21)41(35,39)40/h4-15,25H,16-19H2,1-3H3,(H,33,37)/t25-/m0/s1. The number of carbonyl (C=O) groups is 3. The van der Waals surface area contributed by atoms with Gasteiger partial charge in [-0.3, -0.25) is 14.4 Å². The topological polar surface area (TPSA) is 104 Å². The predicted octanol–water partition coefficient (Wildman–Crippen LogP) is 5.08. The third kappa shape index (κ3) is 6.92. The lowest BCUT2D eigenvalue weighted by molar-refractivity contribution is -0.142. The van der Waals surface area contributed by atoms with Crippen LogP contribution in [0.1, 0.15) is 48.7 Å². The van der Waals surface area contributed by atoms with Crippen LogP contribution in [-0.2, 0) is 32.6 Å². The lowest BCUT2D eigenvalue weighted by atomic mass is 10.0. The number of hydrogen-bond acceptors (Lipinski definition) is 5. The second-order valence-corrected chi connectivity index (χ2v) is 13.4. The van der Waals surface area contributed by atoms with Gasteiger partial charge in [-0.25, -0.2) is 12.7 Å². The Hall–Kier alpha value is -3.40. The molecule has 0 saturated carbocycles. The van der Waals surface area contributed by atoms with Gasteiger partial charge in [-0.2, -0.15) is 0 Å². The van der Waals surface area contributed by atoms with Crippen LogP contribution in [0.15, 0.2) is 77.7 Å². The third-order valence-electron chi connectivity index (χ3n) is 6.60. The van der Waals surface area contributed by atoms with Gasteiger partial charge in [0.15, 0.2) is 0 Å². The molecule has 1 aliphatic rings. The summed E-state index contributed by atoms with van der Waals surface area (Å²) in [6.07, 6.45) is -0.169. The molecule has 0 aliphatic carbocycles. The van der Waals surface area contributed by atoms with Gasteiger partial charge in [0, 0.05) is 47.1 Å². The molecule has 1 N–H and O–H groups in total. The number of sulfonamides is 1. The first-order valence-electron chi connectivity index (χ1n) is 13.0. The minimum Gasteiger partial charge on any atom is -0.350 e. The Kier molecular flexibility index (Phi) is 9.11. The van der Waals surface area contributed by atoms with E-state index in [9.17, 15) is 22.8 Å². The zero-order valence-corrected chi connectivity index (χ0v) is 25.3. The molecule has 0 saturated heterocycles. The molecule has 3 aromatic rings. The zero-order valence-electron chi connectivity index (χ0n) is 22.9. The summed E-state index contributed by atoms with van der Waals surface area (Å²) in [7, 11) is -4.11. The summed E-state index contributed by atoms with van der Waals surface area (Å²) < 4.78 is 26.9. The molecule has 3 amide bonds. The Labute approximate surface area is 250 Å². The van der Waals surface area contributed by atoms with Crippen molar-refractivity contribution in [2.24, 2.45) is 0 Å². The van der Waals surface area contributed by atoms with Crippen LogP contribution in [-0.4, -0.2) is 53.5 Å². The summed E-state index contributed by atoms with van der Waals surface area (Å²) in [5.74, 6) is -1.62. The Morgan fingerprint density at radius 3 is 2.15 bits per heavy atom. The number of nitrogens with one attached hydrogen (secondary N) is 1. The summed E-state index contributed by atoms with van der Waals surface area (Å²) in [5, 5.41) is 3.59. The van der Waals surface area contributed by atoms with E-state index in [1.54, 1.807) is 24.3 Å². The molecule has 0 fully saturated rings. The lowest BCUT2D eigenvalue weighted by Crippen LogP contribution is -2.54. The largest absolute Gasteiger partial charge is 0.350 e. The lowest BCUT2D eigenvalue weighted by Gasteiger charge is -2.34. The van der Waals surface area contributed by atoms with E-state index in [0.717, 1.165) is 5.56 Å². The van der Waals surface area contributed by atoms with Gasteiger partial charge in [0.05, 0.1) is 5.56 Å². The Morgan fingerprint density at radius 1 is 0.927 bits per heavy atom. The summed E-state index contributed by atoms with van der Waals surface area (Å²) in [5.41, 5.74) is 0.733. The van der Waals surface area contributed by atoms with Gasteiger partial charge in [0.2, 0.25) is 11.8 Å². The molecule has 1 heterocycles. The summed E-state index contributed by atoms with van der Waals surface area (Å²) in [4.78, 5) is 41.9. The van der Waals surface area contributed by atoms with Gasteiger partial charge >= 0.3 is 0 Å². The highest BCUT2D eigenvalue weighted by atomic mass is 35.5. The molecular weight excluding hydrogens is 585 g/mol. The van der Waals surface area contributed by atoms with Crippen LogP contribution in [0, 0.1) is 0 Å². The summed E-state index contributed by atoms with van der Waals surface area (Å²) >= 11 is 12.9. The van der Waals surface area contributed by atoms with Crippen molar-refractivity contribution in [3.8, 4) is 0 Å². The number of hydrogen-bond donors (Lipinski definition) is 1. The molecule has 0 aromatic heterocycles. The number of rotatable bonds is 9. The van der Waals surface area contributed by atoms with Crippen molar-refractivity contribution in [1.29, 1.82) is 0 Å². The van der Waals surface area contributed by atoms with E-state index in [-0.39, 0.29) is 36.4 Å². The van der Waals surface area contributed by atoms with Crippen LogP contribution < -0.4 is 5.32 Å². The fourth-order valence-corrected chi connectivity index (χ4v) is 6.74. The van der Waals surface area contributed by atoms with Crippen molar-refractivity contribution in [2.45, 2.75) is 56.6 Å². The summed E-state index contributed by atoms with van der Waals surface area (Å²) in [6, 6.07) is 19.1.